The number of nitrogens with two attached hydrogens (primary N) is 3. The second-order valence-corrected chi connectivity index (χ2v) is 3.76. The molecule has 0 atom stereocenters. The van der Waals surface area contributed by atoms with Gasteiger partial charge in [-0.25, -0.2) is 0 Å². The highest BCUT2D eigenvalue weighted by Gasteiger charge is 2.05. The second-order valence-electron chi connectivity index (χ2n) is 3.76. The summed E-state index contributed by atoms with van der Waals surface area (Å²) in [6, 6.07) is 0. The van der Waals surface area contributed by atoms with Gasteiger partial charge in [-0.05, 0) is 12.8 Å². The molecule has 0 aliphatic carbocycles. The first kappa shape index (κ1) is 15.8. The van der Waals surface area contributed by atoms with Crippen LogP contribution in [0, 0.1) is 16.2 Å². The van der Waals surface area contributed by atoms with Gasteiger partial charge in [-0.1, -0.05) is 0 Å². The van der Waals surface area contributed by atoms with E-state index in [-0.39, 0.29) is 17.9 Å². The Kier molecular flexibility index (Phi) is 7.82. The molecule has 0 radical (unpaired) electrons. The van der Waals surface area contributed by atoms with Gasteiger partial charge < -0.3 is 32.7 Å². The highest BCUT2D eigenvalue weighted by molar-refractivity contribution is 5.75. The van der Waals surface area contributed by atoms with E-state index in [1.807, 2.05) is 0 Å². The van der Waals surface area contributed by atoms with Crippen molar-refractivity contribution in [1.29, 1.82) is 16.2 Å². The molecule has 0 aromatic heterocycles. The Balaban J connectivity index is 3.75. The molecule has 0 heterocycles. The SMILES string of the molecule is N=C(N)NCCCN(CCCNC(=N)N)C(=N)N. The summed E-state index contributed by atoms with van der Waals surface area (Å²) in [5.74, 6) is -0.106. The monoisotopic (exact) mass is 257 g/mol. The van der Waals surface area contributed by atoms with E-state index in [0.29, 0.717) is 26.2 Å². The summed E-state index contributed by atoms with van der Waals surface area (Å²) in [5.41, 5.74) is 15.7. The first-order valence-electron chi connectivity index (χ1n) is 5.68. The van der Waals surface area contributed by atoms with Crippen molar-refractivity contribution >= 4 is 17.9 Å². The predicted molar refractivity (Wildman–Crippen MR) is 72.6 cm³/mol. The lowest BCUT2D eigenvalue weighted by Crippen LogP contribution is -2.41. The average molecular weight is 257 g/mol. The zero-order valence-electron chi connectivity index (χ0n) is 10.4. The zero-order chi connectivity index (χ0) is 14.0. The molecule has 9 nitrogen and oxygen atoms in total. The van der Waals surface area contributed by atoms with Crippen LogP contribution in [0.25, 0.3) is 0 Å². The lowest BCUT2D eigenvalue weighted by Gasteiger charge is -2.22. The molecular formula is C9H23N9. The summed E-state index contributed by atoms with van der Waals surface area (Å²) in [7, 11) is 0. The lowest BCUT2D eigenvalue weighted by molar-refractivity contribution is 0.395. The van der Waals surface area contributed by atoms with Gasteiger partial charge >= 0.3 is 0 Å². The molecule has 104 valence electrons. The molecule has 0 fully saturated rings. The Labute approximate surface area is 107 Å². The van der Waals surface area contributed by atoms with E-state index >= 15 is 0 Å². The molecule has 0 saturated heterocycles. The Hall–Kier alpha value is -2.19. The largest absolute Gasteiger partial charge is 0.370 e. The molecule has 0 rings (SSSR count). The third kappa shape index (κ3) is 9.07. The molecule has 0 aromatic carbocycles. The molecule has 9 heteroatoms. The van der Waals surface area contributed by atoms with E-state index in [9.17, 15) is 0 Å². The maximum absolute atomic E-state index is 7.42. The Bertz CT molecular complexity index is 266. The van der Waals surface area contributed by atoms with E-state index in [2.05, 4.69) is 10.6 Å². The number of guanidine groups is 3. The summed E-state index contributed by atoms with van der Waals surface area (Å²) in [6.07, 6.45) is 1.47. The van der Waals surface area contributed by atoms with Gasteiger partial charge in [0.25, 0.3) is 0 Å². The second kappa shape index (κ2) is 8.90. The van der Waals surface area contributed by atoms with Gasteiger partial charge in [-0.2, -0.15) is 0 Å². The van der Waals surface area contributed by atoms with Gasteiger partial charge in [0.05, 0.1) is 0 Å². The maximum Gasteiger partial charge on any atom is 0.188 e. The maximum atomic E-state index is 7.42. The van der Waals surface area contributed by atoms with Crippen LogP contribution in [0.1, 0.15) is 12.8 Å². The molecule has 0 spiro atoms. The Morgan fingerprint density at radius 1 is 0.833 bits per heavy atom. The average Bonchev–Trinajstić information content (AvgIpc) is 2.25. The topological polar surface area (TPSA) is 177 Å². The molecule has 0 aromatic rings. The number of hydrogen-bond acceptors (Lipinski definition) is 3. The van der Waals surface area contributed by atoms with Crippen molar-refractivity contribution in [3.05, 3.63) is 0 Å². The number of hydrogen-bond donors (Lipinski definition) is 8. The first-order valence-corrected chi connectivity index (χ1v) is 5.68. The fourth-order valence-electron chi connectivity index (χ4n) is 1.34. The molecule has 0 aliphatic heterocycles. The number of nitrogens with zero attached hydrogens (tertiary/aromatic N) is 1. The summed E-state index contributed by atoms with van der Waals surface area (Å²) in [6.45, 7) is 2.39. The molecule has 0 saturated carbocycles. The summed E-state index contributed by atoms with van der Waals surface area (Å²) >= 11 is 0. The summed E-state index contributed by atoms with van der Waals surface area (Å²) in [4.78, 5) is 1.73. The van der Waals surface area contributed by atoms with Gasteiger partial charge in [-0.15, -0.1) is 0 Å². The van der Waals surface area contributed by atoms with Crippen LogP contribution in [0.4, 0.5) is 0 Å². The van der Waals surface area contributed by atoms with E-state index in [1.54, 1.807) is 4.90 Å². The molecule has 18 heavy (non-hydrogen) atoms. The molecule has 0 aliphatic rings. The van der Waals surface area contributed by atoms with Crippen molar-refractivity contribution in [2.75, 3.05) is 26.2 Å². The van der Waals surface area contributed by atoms with E-state index in [0.717, 1.165) is 12.8 Å². The minimum atomic E-state index is -0.0602. The van der Waals surface area contributed by atoms with Crippen LogP contribution in [0.2, 0.25) is 0 Å². The van der Waals surface area contributed by atoms with Crippen molar-refractivity contribution in [1.82, 2.24) is 15.5 Å². The summed E-state index contributed by atoms with van der Waals surface area (Å²) < 4.78 is 0. The first-order chi connectivity index (χ1) is 8.43. The van der Waals surface area contributed by atoms with Gasteiger partial charge in [0.1, 0.15) is 0 Å². The van der Waals surface area contributed by atoms with Crippen LogP contribution < -0.4 is 27.8 Å². The Morgan fingerprint density at radius 2 is 1.22 bits per heavy atom. The molecule has 0 amide bonds. The lowest BCUT2D eigenvalue weighted by atomic mass is 10.3. The van der Waals surface area contributed by atoms with Crippen molar-refractivity contribution in [3.8, 4) is 0 Å². The van der Waals surface area contributed by atoms with E-state index in [4.69, 9.17) is 33.4 Å². The van der Waals surface area contributed by atoms with E-state index < -0.39 is 0 Å². The van der Waals surface area contributed by atoms with Gasteiger partial charge in [0, 0.05) is 26.2 Å². The fraction of sp³-hybridized carbons (Fsp3) is 0.667. The standard InChI is InChI=1S/C9H23N9/c10-7(11)16-3-1-5-18(9(14)15)6-2-4-17-8(12)13/h1-6H2,(H3,14,15)(H4,10,11,16)(H4,12,13,17). The molecule has 0 bridgehead atoms. The smallest absolute Gasteiger partial charge is 0.188 e. The third-order valence-electron chi connectivity index (χ3n) is 2.18. The van der Waals surface area contributed by atoms with Crippen LogP contribution in [-0.4, -0.2) is 49.0 Å². The van der Waals surface area contributed by atoms with Crippen LogP contribution >= 0.6 is 0 Å². The van der Waals surface area contributed by atoms with Crippen LogP contribution in [0.15, 0.2) is 0 Å². The zero-order valence-corrected chi connectivity index (χ0v) is 10.4. The van der Waals surface area contributed by atoms with Crippen molar-refractivity contribution in [3.63, 3.8) is 0 Å². The van der Waals surface area contributed by atoms with E-state index in [1.165, 1.54) is 0 Å². The van der Waals surface area contributed by atoms with Crippen molar-refractivity contribution in [2.24, 2.45) is 17.2 Å². The number of nitrogens with one attached hydrogen (secondary N) is 5. The minimum Gasteiger partial charge on any atom is -0.370 e. The molecule has 11 N–H and O–H groups in total. The van der Waals surface area contributed by atoms with Crippen molar-refractivity contribution < 1.29 is 0 Å². The predicted octanol–water partition coefficient (Wildman–Crippen LogP) is -2.07. The molecule has 0 unspecified atom stereocenters. The van der Waals surface area contributed by atoms with Crippen LogP contribution in [0.3, 0.4) is 0 Å². The Morgan fingerprint density at radius 3 is 1.50 bits per heavy atom. The van der Waals surface area contributed by atoms with Gasteiger partial charge in [0.2, 0.25) is 0 Å². The summed E-state index contributed by atoms with van der Waals surface area (Å²) in [5, 5.41) is 26.8. The van der Waals surface area contributed by atoms with Crippen LogP contribution in [-0.2, 0) is 0 Å². The highest BCUT2D eigenvalue weighted by atomic mass is 15.2. The van der Waals surface area contributed by atoms with Gasteiger partial charge in [-0.3, -0.25) is 16.2 Å². The third-order valence-corrected chi connectivity index (χ3v) is 2.18. The van der Waals surface area contributed by atoms with Crippen molar-refractivity contribution in [2.45, 2.75) is 12.8 Å². The molecular weight excluding hydrogens is 234 g/mol. The van der Waals surface area contributed by atoms with Crippen LogP contribution in [0.5, 0.6) is 0 Å². The highest BCUT2D eigenvalue weighted by Crippen LogP contribution is 1.92. The fourth-order valence-corrected chi connectivity index (χ4v) is 1.34. The minimum absolute atomic E-state index is 0.0145. The van der Waals surface area contributed by atoms with Gasteiger partial charge in [0.15, 0.2) is 17.9 Å². The normalized spacial score (nSPS) is 9.56. The quantitative estimate of drug-likeness (QED) is 0.141. The number of rotatable bonds is 8.